The highest BCUT2D eigenvalue weighted by Gasteiger charge is 2.23. The zero-order chi connectivity index (χ0) is 13.7. The van der Waals surface area contributed by atoms with Gasteiger partial charge in [0.2, 0.25) is 0 Å². The van der Waals surface area contributed by atoms with Gasteiger partial charge in [-0.2, -0.15) is 0 Å². The Morgan fingerprint density at radius 1 is 1.42 bits per heavy atom. The van der Waals surface area contributed by atoms with Crippen LogP contribution in [0.4, 0.5) is 0 Å². The molecule has 19 heavy (non-hydrogen) atoms. The van der Waals surface area contributed by atoms with Gasteiger partial charge in [0.1, 0.15) is 5.75 Å². The molecule has 3 heteroatoms. The van der Waals surface area contributed by atoms with Crippen LogP contribution in [0.2, 0.25) is 0 Å². The van der Waals surface area contributed by atoms with Gasteiger partial charge in [-0.1, -0.05) is 35.7 Å². The van der Waals surface area contributed by atoms with E-state index in [1.165, 1.54) is 24.8 Å². The number of benzene rings is 1. The maximum Gasteiger partial charge on any atom is 0.123 e. The summed E-state index contributed by atoms with van der Waals surface area (Å²) in [7, 11) is 0. The first kappa shape index (κ1) is 14.9. The van der Waals surface area contributed by atoms with Gasteiger partial charge in [-0.05, 0) is 43.9 Å². The van der Waals surface area contributed by atoms with Crippen molar-refractivity contribution >= 4 is 15.9 Å². The van der Waals surface area contributed by atoms with Crippen molar-refractivity contribution in [2.24, 2.45) is 5.92 Å². The summed E-state index contributed by atoms with van der Waals surface area (Å²) < 4.78 is 6.92. The van der Waals surface area contributed by atoms with Crippen LogP contribution in [0, 0.1) is 5.92 Å². The van der Waals surface area contributed by atoms with E-state index in [9.17, 15) is 0 Å². The Bertz CT molecular complexity index is 404. The Balaban J connectivity index is 1.90. The summed E-state index contributed by atoms with van der Waals surface area (Å²) in [6.07, 6.45) is 5.20. The summed E-state index contributed by atoms with van der Waals surface area (Å²) in [6.45, 7) is 6.08. The largest absolute Gasteiger partial charge is 0.493 e. The van der Waals surface area contributed by atoms with Crippen molar-refractivity contribution in [2.75, 3.05) is 6.61 Å². The third kappa shape index (κ3) is 5.15. The summed E-state index contributed by atoms with van der Waals surface area (Å²) in [5.41, 5.74) is 1.24. The molecule has 0 aromatic heterocycles. The fourth-order valence-corrected chi connectivity index (χ4v) is 2.67. The van der Waals surface area contributed by atoms with Crippen LogP contribution in [-0.2, 0) is 6.54 Å². The van der Waals surface area contributed by atoms with Crippen molar-refractivity contribution in [3.63, 3.8) is 0 Å². The Kier molecular flexibility index (Phi) is 5.71. The van der Waals surface area contributed by atoms with E-state index in [0.717, 1.165) is 35.7 Å². The van der Waals surface area contributed by atoms with Crippen molar-refractivity contribution in [2.45, 2.75) is 52.1 Å². The molecule has 1 unspecified atom stereocenters. The Hall–Kier alpha value is -0.540. The van der Waals surface area contributed by atoms with Gasteiger partial charge in [0.15, 0.2) is 0 Å². The minimum atomic E-state index is 0.588. The van der Waals surface area contributed by atoms with Gasteiger partial charge in [-0.3, -0.25) is 0 Å². The van der Waals surface area contributed by atoms with Gasteiger partial charge in [0.25, 0.3) is 0 Å². The zero-order valence-electron chi connectivity index (χ0n) is 11.9. The predicted octanol–water partition coefficient (Wildman–Crippen LogP) is 4.52. The second-order valence-electron chi connectivity index (χ2n) is 5.56. The van der Waals surface area contributed by atoms with Gasteiger partial charge in [-0.25, -0.2) is 0 Å². The highest BCUT2D eigenvalue weighted by molar-refractivity contribution is 9.10. The van der Waals surface area contributed by atoms with Crippen LogP contribution in [0.25, 0.3) is 0 Å². The van der Waals surface area contributed by atoms with E-state index in [4.69, 9.17) is 4.74 Å². The molecule has 1 saturated carbocycles. The SMILES string of the molecule is CCCOc1ccc(Br)cc1CNC(C)CC1CC1. The molecule has 1 N–H and O–H groups in total. The van der Waals surface area contributed by atoms with E-state index in [1.807, 2.05) is 6.07 Å². The topological polar surface area (TPSA) is 21.3 Å². The lowest BCUT2D eigenvalue weighted by Crippen LogP contribution is -2.26. The van der Waals surface area contributed by atoms with Crippen LogP contribution in [0.15, 0.2) is 22.7 Å². The van der Waals surface area contributed by atoms with Crippen molar-refractivity contribution in [1.82, 2.24) is 5.32 Å². The highest BCUT2D eigenvalue weighted by atomic mass is 79.9. The van der Waals surface area contributed by atoms with Crippen LogP contribution in [-0.4, -0.2) is 12.6 Å². The van der Waals surface area contributed by atoms with Gasteiger partial charge >= 0.3 is 0 Å². The van der Waals surface area contributed by atoms with E-state index >= 15 is 0 Å². The molecule has 0 bridgehead atoms. The first-order valence-electron chi connectivity index (χ1n) is 7.33. The molecule has 106 valence electrons. The molecule has 1 aliphatic carbocycles. The second-order valence-corrected chi connectivity index (χ2v) is 6.48. The first-order valence-corrected chi connectivity index (χ1v) is 8.13. The van der Waals surface area contributed by atoms with Crippen molar-refractivity contribution in [3.8, 4) is 5.75 Å². The maximum atomic E-state index is 5.81. The lowest BCUT2D eigenvalue weighted by molar-refractivity contribution is 0.312. The van der Waals surface area contributed by atoms with Crippen molar-refractivity contribution in [1.29, 1.82) is 0 Å². The second kappa shape index (κ2) is 7.30. The first-order chi connectivity index (χ1) is 9.19. The van der Waals surface area contributed by atoms with Crippen LogP contribution >= 0.6 is 15.9 Å². The highest BCUT2D eigenvalue weighted by Crippen LogP contribution is 2.33. The average molecular weight is 326 g/mol. The molecule has 1 aliphatic rings. The van der Waals surface area contributed by atoms with Crippen LogP contribution in [0.3, 0.4) is 0 Å². The standard InChI is InChI=1S/C16H24BrNO/c1-3-8-19-16-7-6-15(17)10-14(16)11-18-12(2)9-13-4-5-13/h6-7,10,12-13,18H,3-5,8-9,11H2,1-2H3. The Labute approximate surface area is 125 Å². The molecular weight excluding hydrogens is 302 g/mol. The molecule has 0 aliphatic heterocycles. The van der Waals surface area contributed by atoms with E-state index in [0.29, 0.717) is 6.04 Å². The Morgan fingerprint density at radius 2 is 2.21 bits per heavy atom. The van der Waals surface area contributed by atoms with Gasteiger partial charge in [-0.15, -0.1) is 0 Å². The zero-order valence-corrected chi connectivity index (χ0v) is 13.5. The van der Waals surface area contributed by atoms with Crippen molar-refractivity contribution < 1.29 is 4.74 Å². The quantitative estimate of drug-likeness (QED) is 0.758. The van der Waals surface area contributed by atoms with Gasteiger partial charge in [0.05, 0.1) is 6.61 Å². The average Bonchev–Trinajstić information content (AvgIpc) is 3.19. The fourth-order valence-electron chi connectivity index (χ4n) is 2.26. The molecule has 1 atom stereocenters. The molecule has 1 aromatic rings. The summed E-state index contributed by atoms with van der Waals surface area (Å²) in [4.78, 5) is 0. The molecule has 0 radical (unpaired) electrons. The normalized spacial score (nSPS) is 16.4. The van der Waals surface area contributed by atoms with Gasteiger partial charge in [0, 0.05) is 22.6 Å². The van der Waals surface area contributed by atoms with Gasteiger partial charge < -0.3 is 10.1 Å². The molecule has 1 aromatic carbocycles. The maximum absolute atomic E-state index is 5.81. The summed E-state index contributed by atoms with van der Waals surface area (Å²) in [5.74, 6) is 1.98. The Morgan fingerprint density at radius 3 is 2.89 bits per heavy atom. The van der Waals surface area contributed by atoms with Crippen LogP contribution in [0.1, 0.15) is 45.1 Å². The van der Waals surface area contributed by atoms with E-state index in [2.05, 4.69) is 47.2 Å². The predicted molar refractivity (Wildman–Crippen MR) is 83.6 cm³/mol. The molecule has 0 heterocycles. The third-order valence-electron chi connectivity index (χ3n) is 3.51. The number of nitrogens with one attached hydrogen (secondary N) is 1. The third-order valence-corrected chi connectivity index (χ3v) is 4.00. The lowest BCUT2D eigenvalue weighted by atomic mass is 10.1. The summed E-state index contributed by atoms with van der Waals surface area (Å²) in [5, 5.41) is 3.61. The minimum absolute atomic E-state index is 0.588. The molecule has 0 spiro atoms. The number of hydrogen-bond acceptors (Lipinski definition) is 2. The summed E-state index contributed by atoms with van der Waals surface area (Å²) >= 11 is 3.54. The number of hydrogen-bond donors (Lipinski definition) is 1. The lowest BCUT2D eigenvalue weighted by Gasteiger charge is -2.16. The van der Waals surface area contributed by atoms with E-state index in [1.54, 1.807) is 0 Å². The molecule has 0 saturated heterocycles. The monoisotopic (exact) mass is 325 g/mol. The van der Waals surface area contributed by atoms with Crippen LogP contribution < -0.4 is 10.1 Å². The number of rotatable bonds is 8. The summed E-state index contributed by atoms with van der Waals surface area (Å²) in [6, 6.07) is 6.84. The molecular formula is C16H24BrNO. The number of halogens is 1. The van der Waals surface area contributed by atoms with E-state index < -0.39 is 0 Å². The molecule has 2 nitrogen and oxygen atoms in total. The molecule has 2 rings (SSSR count). The van der Waals surface area contributed by atoms with Crippen LogP contribution in [0.5, 0.6) is 5.75 Å². The molecule has 1 fully saturated rings. The van der Waals surface area contributed by atoms with E-state index in [-0.39, 0.29) is 0 Å². The van der Waals surface area contributed by atoms with Crippen molar-refractivity contribution in [3.05, 3.63) is 28.2 Å². The fraction of sp³-hybridized carbons (Fsp3) is 0.625. The smallest absolute Gasteiger partial charge is 0.123 e. The number of ether oxygens (including phenoxy) is 1. The molecule has 0 amide bonds. The minimum Gasteiger partial charge on any atom is -0.493 e.